The number of carbonyl (C=O) groups is 1. The topological polar surface area (TPSA) is 66.4 Å². The Balaban J connectivity index is 3.55. The summed E-state index contributed by atoms with van der Waals surface area (Å²) < 4.78 is 14.2. The Kier molecular flexibility index (Phi) is 5.72. The minimum absolute atomic E-state index is 0.0391. The molecule has 6 heteroatoms. The minimum Gasteiger partial charge on any atom is -0.566 e. The summed E-state index contributed by atoms with van der Waals surface area (Å²) >= 11 is 1.09. The van der Waals surface area contributed by atoms with E-state index in [4.69, 9.17) is 0 Å². The van der Waals surface area contributed by atoms with Crippen LogP contribution in [0.5, 0.6) is 0 Å². The Labute approximate surface area is 83.0 Å². The highest BCUT2D eigenvalue weighted by Gasteiger charge is 2.21. The molecule has 0 spiro atoms. The molecule has 0 aromatic carbocycles. The fraction of sp³-hybridized carbons (Fsp3) is 0.857. The van der Waals surface area contributed by atoms with Crippen molar-refractivity contribution in [2.75, 3.05) is 12.4 Å². The lowest BCUT2D eigenvalue weighted by Crippen LogP contribution is -2.17. The van der Waals surface area contributed by atoms with Crippen LogP contribution in [0.3, 0.4) is 0 Å². The predicted octanol–water partition coefficient (Wildman–Crippen LogP) is 1.33. The fourth-order valence-corrected chi connectivity index (χ4v) is 1.61. The molecule has 0 saturated heterocycles. The molecule has 76 valence electrons. The highest BCUT2D eigenvalue weighted by molar-refractivity contribution is 8.13. The van der Waals surface area contributed by atoms with Gasteiger partial charge in [0, 0.05) is 11.2 Å². The van der Waals surface area contributed by atoms with E-state index in [-0.39, 0.29) is 17.1 Å². The van der Waals surface area contributed by atoms with Crippen LogP contribution < -0.4 is 4.89 Å². The van der Waals surface area contributed by atoms with E-state index in [0.717, 1.165) is 11.8 Å². The summed E-state index contributed by atoms with van der Waals surface area (Å²) in [5.41, 5.74) is -0.385. The maximum atomic E-state index is 11.3. The van der Waals surface area contributed by atoms with Crippen LogP contribution in [0.4, 0.5) is 0 Å². The number of carbonyl (C=O) groups excluding carboxylic acids is 1. The molecule has 0 amide bonds. The number of hydrogen-bond acceptors (Lipinski definition) is 5. The first-order valence-corrected chi connectivity index (χ1v) is 5.86. The summed E-state index contributed by atoms with van der Waals surface area (Å²) in [6, 6.07) is 0. The van der Waals surface area contributed by atoms with Crippen LogP contribution in [0.15, 0.2) is 0 Å². The molecular weight excluding hydrogens is 211 g/mol. The van der Waals surface area contributed by atoms with Gasteiger partial charge in [-0.25, -0.2) is 0 Å². The van der Waals surface area contributed by atoms with Gasteiger partial charge < -0.3 is 4.89 Å². The van der Waals surface area contributed by atoms with Crippen LogP contribution in [0, 0.1) is 5.41 Å². The van der Waals surface area contributed by atoms with Gasteiger partial charge in [0.1, 0.15) is 6.61 Å². The molecule has 13 heavy (non-hydrogen) atoms. The summed E-state index contributed by atoms with van der Waals surface area (Å²) in [4.78, 5) is 21.2. The average Bonchev–Trinajstić information content (AvgIpc) is 1.95. The van der Waals surface area contributed by atoms with Crippen LogP contribution in [-0.2, 0) is 13.9 Å². The van der Waals surface area contributed by atoms with Crippen LogP contribution in [0.25, 0.3) is 0 Å². The van der Waals surface area contributed by atoms with E-state index >= 15 is 0 Å². The lowest BCUT2D eigenvalue weighted by Gasteiger charge is -2.14. The summed E-state index contributed by atoms with van der Waals surface area (Å²) in [5.74, 6) is 0.374. The Hall–Kier alpha value is 0.0400. The summed E-state index contributed by atoms with van der Waals surface area (Å²) in [7, 11) is -2.78. The molecule has 0 bridgehead atoms. The van der Waals surface area contributed by atoms with Gasteiger partial charge >= 0.3 is 8.25 Å². The van der Waals surface area contributed by atoms with Crippen LogP contribution >= 0.6 is 20.0 Å². The first-order chi connectivity index (χ1) is 5.84. The summed E-state index contributed by atoms with van der Waals surface area (Å²) in [6.45, 7) is 5.51. The summed E-state index contributed by atoms with van der Waals surface area (Å²) in [6.07, 6.45) is 0. The summed E-state index contributed by atoms with van der Waals surface area (Å²) in [5, 5.41) is 0.0391. The van der Waals surface area contributed by atoms with Crippen molar-refractivity contribution in [3.63, 3.8) is 0 Å². The van der Waals surface area contributed by atoms with Gasteiger partial charge in [0.15, 0.2) is 5.12 Å². The molecule has 0 aliphatic carbocycles. The van der Waals surface area contributed by atoms with Crippen molar-refractivity contribution in [3.8, 4) is 0 Å². The monoisotopic (exact) mass is 224 g/mol. The quantitative estimate of drug-likeness (QED) is 0.532. The van der Waals surface area contributed by atoms with Gasteiger partial charge in [-0.15, -0.1) is 4.52 Å². The Bertz CT molecular complexity index is 199. The minimum atomic E-state index is -2.78. The molecule has 0 radical (unpaired) electrons. The van der Waals surface area contributed by atoms with Gasteiger partial charge in [0.05, 0.1) is 0 Å². The number of rotatable bonds is 4. The molecule has 0 heterocycles. The smallest absolute Gasteiger partial charge is 0.488 e. The molecule has 1 unspecified atom stereocenters. The fourth-order valence-electron chi connectivity index (χ4n) is 0.463. The highest BCUT2D eigenvalue weighted by Crippen LogP contribution is 2.23. The lowest BCUT2D eigenvalue weighted by molar-refractivity contribution is -0.185. The lowest BCUT2D eigenvalue weighted by atomic mass is 10.00. The van der Waals surface area contributed by atoms with Gasteiger partial charge in [-0.2, -0.15) is 0 Å². The van der Waals surface area contributed by atoms with Crippen LogP contribution in [-0.4, -0.2) is 17.5 Å². The second kappa shape index (κ2) is 5.70. The van der Waals surface area contributed by atoms with E-state index in [1.54, 1.807) is 0 Å². The first-order valence-electron chi connectivity index (χ1n) is 3.78. The maximum Gasteiger partial charge on any atom is 0.488 e. The molecule has 0 aliphatic heterocycles. The molecule has 0 aliphatic rings. The zero-order chi connectivity index (χ0) is 10.5. The van der Waals surface area contributed by atoms with Gasteiger partial charge in [-0.05, 0) is 4.57 Å². The van der Waals surface area contributed by atoms with Crippen molar-refractivity contribution < 1.29 is 18.8 Å². The van der Waals surface area contributed by atoms with E-state index in [2.05, 4.69) is 4.52 Å². The van der Waals surface area contributed by atoms with Crippen molar-refractivity contribution in [3.05, 3.63) is 0 Å². The van der Waals surface area contributed by atoms with Gasteiger partial charge in [0.2, 0.25) is 0 Å². The van der Waals surface area contributed by atoms with Crippen molar-refractivity contribution in [1.29, 1.82) is 0 Å². The number of thioether (sulfide) groups is 1. The third-order valence-corrected chi connectivity index (χ3v) is 2.76. The highest BCUT2D eigenvalue weighted by atomic mass is 32.2. The van der Waals surface area contributed by atoms with Crippen LogP contribution in [0.1, 0.15) is 20.8 Å². The van der Waals surface area contributed by atoms with E-state index in [0.29, 0.717) is 5.75 Å². The Morgan fingerprint density at radius 1 is 1.54 bits per heavy atom. The predicted molar refractivity (Wildman–Crippen MR) is 50.5 cm³/mol. The zero-order valence-corrected chi connectivity index (χ0v) is 9.61. The van der Waals surface area contributed by atoms with Crippen LogP contribution in [0.2, 0.25) is 0 Å². The second-order valence-electron chi connectivity index (χ2n) is 3.44. The third kappa shape index (κ3) is 7.14. The van der Waals surface area contributed by atoms with Crippen molar-refractivity contribution >= 4 is 25.1 Å². The Morgan fingerprint density at radius 2 is 2.08 bits per heavy atom. The van der Waals surface area contributed by atoms with E-state index < -0.39 is 8.25 Å². The van der Waals surface area contributed by atoms with Crippen molar-refractivity contribution in [2.24, 2.45) is 5.41 Å². The number of hydrogen-bond donors (Lipinski definition) is 0. The van der Waals surface area contributed by atoms with Gasteiger partial charge in [0.25, 0.3) is 0 Å². The molecule has 1 atom stereocenters. The first kappa shape index (κ1) is 13.0. The Morgan fingerprint density at radius 3 is 2.46 bits per heavy atom. The van der Waals surface area contributed by atoms with E-state index in [9.17, 15) is 14.3 Å². The maximum absolute atomic E-state index is 11.3. The molecule has 0 N–H and O–H groups in total. The van der Waals surface area contributed by atoms with E-state index in [1.807, 2.05) is 20.8 Å². The molecule has 4 nitrogen and oxygen atoms in total. The standard InChI is InChI=1S/C7H13O4PS/c1-7(2,3)6(8)13-5-4-11-12(9)10/h4-5H2,1-3H3. The van der Waals surface area contributed by atoms with Gasteiger partial charge in [-0.3, -0.25) is 4.79 Å². The largest absolute Gasteiger partial charge is 0.566 e. The van der Waals surface area contributed by atoms with E-state index in [1.165, 1.54) is 0 Å². The third-order valence-electron chi connectivity index (χ3n) is 1.13. The van der Waals surface area contributed by atoms with Gasteiger partial charge in [-0.1, -0.05) is 32.5 Å². The zero-order valence-electron chi connectivity index (χ0n) is 7.90. The van der Waals surface area contributed by atoms with Crippen molar-refractivity contribution in [2.45, 2.75) is 20.8 Å². The second-order valence-corrected chi connectivity index (χ2v) is 5.22. The SMILES string of the molecule is CC(C)(C)C(=O)SCCO[P+](=O)[O-]. The molecule has 0 aromatic heterocycles. The average molecular weight is 224 g/mol. The molecule has 0 saturated carbocycles. The molecular formula is C7H13O4PS. The molecule has 0 fully saturated rings. The molecule has 0 rings (SSSR count). The molecule has 0 aromatic rings. The normalized spacial score (nSPS) is 12.8. The van der Waals surface area contributed by atoms with Crippen molar-refractivity contribution in [1.82, 2.24) is 0 Å².